The Balaban J connectivity index is 3.32. The summed E-state index contributed by atoms with van der Waals surface area (Å²) in [5.41, 5.74) is 0.0411. The summed E-state index contributed by atoms with van der Waals surface area (Å²) in [6.45, 7) is 1.63. The molecule has 0 amide bonds. The van der Waals surface area contributed by atoms with Gasteiger partial charge in [-0.15, -0.1) is 0 Å². The number of pyridine rings is 1. The number of aromatic nitrogens is 1. The number of hydrogen-bond acceptors (Lipinski definition) is 2. The number of nitrogens with zero attached hydrogens (tertiary/aromatic N) is 1. The van der Waals surface area contributed by atoms with E-state index in [-0.39, 0.29) is 5.56 Å². The lowest BCUT2D eigenvalue weighted by Crippen LogP contribution is -2.01. The van der Waals surface area contributed by atoms with Crippen LogP contribution in [0.5, 0.6) is 0 Å². The highest BCUT2D eigenvalue weighted by molar-refractivity contribution is 14.1. The van der Waals surface area contributed by atoms with Crippen molar-refractivity contribution < 1.29 is 13.6 Å². The Kier molecular flexibility index (Phi) is 3.29. The zero-order chi connectivity index (χ0) is 10.0. The molecule has 1 aromatic rings. The van der Waals surface area contributed by atoms with E-state index in [1.807, 2.05) is 22.6 Å². The molecule has 0 saturated carbocycles. The van der Waals surface area contributed by atoms with Crippen LogP contribution < -0.4 is 0 Å². The van der Waals surface area contributed by atoms with Gasteiger partial charge in [0.2, 0.25) is 0 Å². The second-order valence-electron chi connectivity index (χ2n) is 2.45. The molecule has 0 radical (unpaired) electrons. The highest BCUT2D eigenvalue weighted by Crippen LogP contribution is 2.22. The highest BCUT2D eigenvalue weighted by Gasteiger charge is 2.15. The van der Waals surface area contributed by atoms with E-state index in [9.17, 15) is 13.6 Å². The summed E-state index contributed by atoms with van der Waals surface area (Å²) < 4.78 is 25.3. The summed E-state index contributed by atoms with van der Waals surface area (Å²) in [5, 5.41) is 0. The lowest BCUT2D eigenvalue weighted by molar-refractivity contribution is 0.110. The van der Waals surface area contributed by atoms with E-state index in [0.29, 0.717) is 15.6 Å². The standard InChI is InChI=1S/C8H6F2INO/c1-4-6(11)2-5(3-13)7(12-4)8(9)10/h2-3,8H,1H3. The van der Waals surface area contributed by atoms with Crippen molar-refractivity contribution in [2.24, 2.45) is 0 Å². The Morgan fingerprint density at radius 3 is 2.69 bits per heavy atom. The van der Waals surface area contributed by atoms with Gasteiger partial charge in [-0.2, -0.15) is 0 Å². The summed E-state index contributed by atoms with van der Waals surface area (Å²) in [6.07, 6.45) is -2.30. The Morgan fingerprint density at radius 1 is 1.62 bits per heavy atom. The molecule has 13 heavy (non-hydrogen) atoms. The van der Waals surface area contributed by atoms with E-state index in [2.05, 4.69) is 4.98 Å². The molecule has 1 aromatic heterocycles. The van der Waals surface area contributed by atoms with Crippen LogP contribution in [0.15, 0.2) is 6.07 Å². The van der Waals surface area contributed by atoms with E-state index < -0.39 is 12.1 Å². The van der Waals surface area contributed by atoms with Crippen LogP contribution in [0.4, 0.5) is 8.78 Å². The second-order valence-corrected chi connectivity index (χ2v) is 3.61. The predicted octanol–water partition coefficient (Wildman–Crippen LogP) is 2.74. The first kappa shape index (κ1) is 10.5. The normalized spacial score (nSPS) is 10.5. The molecule has 0 saturated heterocycles. The number of rotatable bonds is 2. The van der Waals surface area contributed by atoms with Gasteiger partial charge in [-0.1, -0.05) is 0 Å². The Morgan fingerprint density at radius 2 is 2.23 bits per heavy atom. The van der Waals surface area contributed by atoms with Gasteiger partial charge < -0.3 is 0 Å². The Hall–Kier alpha value is -0.590. The van der Waals surface area contributed by atoms with Gasteiger partial charge >= 0.3 is 0 Å². The van der Waals surface area contributed by atoms with Gasteiger partial charge in [-0.25, -0.2) is 8.78 Å². The van der Waals surface area contributed by atoms with Crippen LogP contribution in [0.25, 0.3) is 0 Å². The van der Waals surface area contributed by atoms with E-state index >= 15 is 0 Å². The van der Waals surface area contributed by atoms with Gasteiger partial charge in [0.25, 0.3) is 6.43 Å². The molecule has 2 nitrogen and oxygen atoms in total. The third-order valence-electron chi connectivity index (χ3n) is 1.55. The van der Waals surface area contributed by atoms with E-state index in [1.54, 1.807) is 6.92 Å². The van der Waals surface area contributed by atoms with Gasteiger partial charge in [-0.3, -0.25) is 9.78 Å². The third kappa shape index (κ3) is 2.20. The maximum atomic E-state index is 12.3. The van der Waals surface area contributed by atoms with Gasteiger partial charge in [0.1, 0.15) is 5.69 Å². The van der Waals surface area contributed by atoms with Crippen LogP contribution in [0.2, 0.25) is 0 Å². The van der Waals surface area contributed by atoms with Crippen molar-refractivity contribution in [2.45, 2.75) is 13.3 Å². The quantitative estimate of drug-likeness (QED) is 0.620. The summed E-state index contributed by atoms with van der Waals surface area (Å²) in [7, 11) is 0. The fourth-order valence-electron chi connectivity index (χ4n) is 0.883. The first-order valence-corrected chi connectivity index (χ1v) is 4.54. The number of hydrogen-bond donors (Lipinski definition) is 0. The van der Waals surface area contributed by atoms with Gasteiger partial charge in [0.15, 0.2) is 6.29 Å². The number of carbonyl (C=O) groups is 1. The van der Waals surface area contributed by atoms with Crippen molar-refractivity contribution in [3.63, 3.8) is 0 Å². The molecule has 0 aliphatic heterocycles. The zero-order valence-electron chi connectivity index (χ0n) is 6.72. The van der Waals surface area contributed by atoms with Crippen LogP contribution in [-0.2, 0) is 0 Å². The van der Waals surface area contributed by atoms with Crippen molar-refractivity contribution in [1.29, 1.82) is 0 Å². The minimum absolute atomic E-state index is 0.0370. The molecule has 1 heterocycles. The molecule has 0 aromatic carbocycles. The average Bonchev–Trinajstić information content (AvgIpc) is 2.08. The fourth-order valence-corrected chi connectivity index (χ4v) is 1.34. The Labute approximate surface area is 87.5 Å². The summed E-state index contributed by atoms with van der Waals surface area (Å²) >= 11 is 1.95. The number of aryl methyl sites for hydroxylation is 1. The smallest absolute Gasteiger partial charge is 0.281 e. The van der Waals surface area contributed by atoms with Crippen LogP contribution in [0.1, 0.15) is 28.2 Å². The van der Waals surface area contributed by atoms with E-state index in [4.69, 9.17) is 0 Å². The molecule has 1 rings (SSSR count). The second kappa shape index (κ2) is 4.08. The molecule has 0 N–H and O–H groups in total. The van der Waals surface area contributed by atoms with Crippen molar-refractivity contribution in [3.05, 3.63) is 26.6 Å². The lowest BCUT2D eigenvalue weighted by atomic mass is 10.2. The van der Waals surface area contributed by atoms with Gasteiger partial charge in [-0.05, 0) is 35.6 Å². The molecule has 0 bridgehead atoms. The first-order valence-electron chi connectivity index (χ1n) is 3.46. The molecular weight excluding hydrogens is 291 g/mol. The van der Waals surface area contributed by atoms with E-state index in [1.165, 1.54) is 6.07 Å². The van der Waals surface area contributed by atoms with Gasteiger partial charge in [0, 0.05) is 9.13 Å². The number of aldehydes is 1. The lowest BCUT2D eigenvalue weighted by Gasteiger charge is -2.05. The van der Waals surface area contributed by atoms with E-state index in [0.717, 1.165) is 0 Å². The zero-order valence-corrected chi connectivity index (χ0v) is 8.88. The molecule has 5 heteroatoms. The van der Waals surface area contributed by atoms with Crippen LogP contribution in [0.3, 0.4) is 0 Å². The summed E-state index contributed by atoms with van der Waals surface area (Å²) in [5.74, 6) is 0. The molecule has 0 atom stereocenters. The molecule has 0 spiro atoms. The average molecular weight is 297 g/mol. The molecule has 0 aliphatic rings. The molecule has 0 fully saturated rings. The molecule has 0 unspecified atom stereocenters. The van der Waals surface area contributed by atoms with Crippen molar-refractivity contribution in [2.75, 3.05) is 0 Å². The number of halogens is 3. The first-order chi connectivity index (χ1) is 6.06. The fraction of sp³-hybridized carbons (Fsp3) is 0.250. The largest absolute Gasteiger partial charge is 0.298 e. The Bertz CT molecular complexity index is 341. The molecule has 0 aliphatic carbocycles. The predicted molar refractivity (Wildman–Crippen MR) is 52.0 cm³/mol. The summed E-state index contributed by atoms with van der Waals surface area (Å²) in [6, 6.07) is 1.41. The van der Waals surface area contributed by atoms with Crippen molar-refractivity contribution in [3.8, 4) is 0 Å². The topological polar surface area (TPSA) is 30.0 Å². The monoisotopic (exact) mass is 297 g/mol. The highest BCUT2D eigenvalue weighted by atomic mass is 127. The molecular formula is C8H6F2INO. The minimum Gasteiger partial charge on any atom is -0.298 e. The van der Waals surface area contributed by atoms with Crippen LogP contribution in [0, 0.1) is 10.5 Å². The maximum absolute atomic E-state index is 12.3. The van der Waals surface area contributed by atoms with Crippen molar-refractivity contribution in [1.82, 2.24) is 4.98 Å². The van der Waals surface area contributed by atoms with Crippen LogP contribution in [-0.4, -0.2) is 11.3 Å². The maximum Gasteiger partial charge on any atom is 0.281 e. The number of alkyl halides is 2. The minimum atomic E-state index is -2.70. The number of carbonyl (C=O) groups excluding carboxylic acids is 1. The van der Waals surface area contributed by atoms with Crippen LogP contribution >= 0.6 is 22.6 Å². The summed E-state index contributed by atoms with van der Waals surface area (Å²) in [4.78, 5) is 14.1. The SMILES string of the molecule is Cc1nc(C(F)F)c(C=O)cc1I. The van der Waals surface area contributed by atoms with Gasteiger partial charge in [0.05, 0.1) is 5.69 Å². The van der Waals surface area contributed by atoms with Crippen molar-refractivity contribution >= 4 is 28.9 Å². The molecule has 70 valence electrons. The third-order valence-corrected chi connectivity index (χ3v) is 2.64.